The second kappa shape index (κ2) is 10.3. The zero-order valence-electron chi connectivity index (χ0n) is 16.1. The summed E-state index contributed by atoms with van der Waals surface area (Å²) in [5.41, 5.74) is 7.36. The summed E-state index contributed by atoms with van der Waals surface area (Å²) in [5, 5.41) is 0. The minimum Gasteiger partial charge on any atom is -1.00 e. The first-order chi connectivity index (χ1) is 12.3. The summed E-state index contributed by atoms with van der Waals surface area (Å²) in [6.45, 7) is 6.54. The Balaban J connectivity index is 0.00000131. The van der Waals surface area contributed by atoms with Gasteiger partial charge in [-0.05, 0) is 40.7 Å². The first kappa shape index (κ1) is 22.0. The van der Waals surface area contributed by atoms with Gasteiger partial charge in [-0.1, -0.05) is 54.6 Å². The number of fused-ring (bicyclic) bond motifs is 2. The average Bonchev–Trinajstić information content (AvgIpc) is 2.81. The molecular weight excluding hydrogens is 375 g/mol. The van der Waals surface area contributed by atoms with Gasteiger partial charge in [-0.25, -0.2) is 0 Å². The molecule has 2 aliphatic rings. The molecule has 4 heteroatoms. The molecule has 2 N–H and O–H groups in total. The number of hydrogen-bond donors (Lipinski definition) is 2. The number of quaternary nitrogens is 2. The van der Waals surface area contributed by atoms with E-state index in [0.29, 0.717) is 0 Å². The van der Waals surface area contributed by atoms with Crippen LogP contribution in [0, 0.1) is 0 Å². The number of rotatable bonds is 3. The maximum Gasteiger partial charge on any atom is 0.127 e. The van der Waals surface area contributed by atoms with Crippen LogP contribution >= 0.6 is 0 Å². The summed E-state index contributed by atoms with van der Waals surface area (Å²) in [5.74, 6) is 0. The first-order valence-corrected chi connectivity index (χ1v) is 9.83. The Morgan fingerprint density at radius 2 is 1.30 bits per heavy atom. The molecule has 0 aromatic heterocycles. The third-order valence-electron chi connectivity index (χ3n) is 5.94. The van der Waals surface area contributed by atoms with Gasteiger partial charge in [0, 0.05) is 6.42 Å². The largest absolute Gasteiger partial charge is 1.00 e. The Morgan fingerprint density at radius 1 is 0.778 bits per heavy atom. The maximum absolute atomic E-state index is 2.52. The van der Waals surface area contributed by atoms with Crippen molar-refractivity contribution in [2.45, 2.75) is 19.3 Å². The van der Waals surface area contributed by atoms with Crippen molar-refractivity contribution in [1.29, 1.82) is 0 Å². The molecule has 0 radical (unpaired) electrons. The van der Waals surface area contributed by atoms with Crippen LogP contribution in [0.3, 0.4) is 0 Å². The van der Waals surface area contributed by atoms with Crippen LogP contribution in [0.25, 0.3) is 5.57 Å². The van der Waals surface area contributed by atoms with Gasteiger partial charge in [0.25, 0.3) is 0 Å². The van der Waals surface area contributed by atoms with Crippen LogP contribution in [0.2, 0.25) is 0 Å². The van der Waals surface area contributed by atoms with Crippen molar-refractivity contribution >= 4 is 5.57 Å². The van der Waals surface area contributed by atoms with Crippen LogP contribution in [-0.2, 0) is 12.8 Å². The predicted molar refractivity (Wildman–Crippen MR) is 104 cm³/mol. The standard InChI is InChI=1S/C23H28N2.2ClH/c1-24-15-17-25(18-16-24)14-6-11-23-21-9-4-2-7-19(21)12-13-20-8-3-5-10-22(20)23;;/h2-5,7-11H,6,12-18H2,1H3;2*1H. The molecule has 2 aromatic carbocycles. The van der Waals surface area contributed by atoms with Gasteiger partial charge in [-0.3, -0.25) is 0 Å². The molecule has 4 rings (SSSR count). The third-order valence-corrected chi connectivity index (χ3v) is 5.94. The monoisotopic (exact) mass is 404 g/mol. The Bertz CT molecular complexity index is 715. The normalized spacial score (nSPS) is 21.0. The fraction of sp³-hybridized carbons (Fsp3) is 0.391. The Morgan fingerprint density at radius 3 is 1.85 bits per heavy atom. The fourth-order valence-electron chi connectivity index (χ4n) is 4.34. The van der Waals surface area contributed by atoms with E-state index in [1.807, 2.05) is 0 Å². The summed E-state index contributed by atoms with van der Waals surface area (Å²) in [6, 6.07) is 18.0. The number of hydrogen-bond acceptors (Lipinski definition) is 0. The van der Waals surface area contributed by atoms with E-state index in [4.69, 9.17) is 0 Å². The molecule has 0 saturated carbocycles. The van der Waals surface area contributed by atoms with E-state index in [1.165, 1.54) is 67.0 Å². The van der Waals surface area contributed by atoms with Crippen molar-refractivity contribution in [2.75, 3.05) is 39.8 Å². The second-order valence-electron chi connectivity index (χ2n) is 7.68. The molecular formula is C23H30Cl2N2. The molecule has 2 nitrogen and oxygen atoms in total. The molecule has 0 amide bonds. The quantitative estimate of drug-likeness (QED) is 0.507. The molecule has 0 bridgehead atoms. The molecule has 0 atom stereocenters. The lowest BCUT2D eigenvalue weighted by molar-refractivity contribution is -1.00. The smallest absolute Gasteiger partial charge is 0.127 e. The van der Waals surface area contributed by atoms with Crippen molar-refractivity contribution in [1.82, 2.24) is 0 Å². The zero-order valence-corrected chi connectivity index (χ0v) is 17.6. The molecule has 1 fully saturated rings. The zero-order chi connectivity index (χ0) is 17.1. The van der Waals surface area contributed by atoms with E-state index in [9.17, 15) is 0 Å². The molecule has 27 heavy (non-hydrogen) atoms. The minimum absolute atomic E-state index is 0. The molecule has 1 aliphatic carbocycles. The number of nitrogens with one attached hydrogen (secondary N) is 2. The molecule has 1 aliphatic heterocycles. The predicted octanol–water partition coefficient (Wildman–Crippen LogP) is -4.97. The Hall–Kier alpha value is -1.32. The van der Waals surface area contributed by atoms with Gasteiger partial charge in [0.05, 0.1) is 13.6 Å². The SMILES string of the molecule is C[NH+]1CC[NH+](CCC=C2c3ccccc3CCc3ccccc32)CC1.[Cl-].[Cl-]. The van der Waals surface area contributed by atoms with Gasteiger partial charge in [0.2, 0.25) is 0 Å². The van der Waals surface area contributed by atoms with Crippen molar-refractivity contribution in [3.63, 3.8) is 0 Å². The summed E-state index contributed by atoms with van der Waals surface area (Å²) in [6.07, 6.45) is 5.99. The topological polar surface area (TPSA) is 8.88 Å². The van der Waals surface area contributed by atoms with Crippen LogP contribution in [-0.4, -0.2) is 39.8 Å². The summed E-state index contributed by atoms with van der Waals surface area (Å²) < 4.78 is 0. The van der Waals surface area contributed by atoms with Crippen LogP contribution in [0.4, 0.5) is 0 Å². The lowest BCUT2D eigenvalue weighted by Crippen LogP contribution is -3.27. The highest BCUT2D eigenvalue weighted by molar-refractivity contribution is 5.83. The van der Waals surface area contributed by atoms with Gasteiger partial charge >= 0.3 is 0 Å². The summed E-state index contributed by atoms with van der Waals surface area (Å²) in [4.78, 5) is 3.46. The highest BCUT2D eigenvalue weighted by atomic mass is 35.5. The van der Waals surface area contributed by atoms with E-state index in [1.54, 1.807) is 9.80 Å². The summed E-state index contributed by atoms with van der Waals surface area (Å²) in [7, 11) is 2.32. The van der Waals surface area contributed by atoms with Crippen LogP contribution < -0.4 is 34.6 Å². The van der Waals surface area contributed by atoms with E-state index in [2.05, 4.69) is 61.7 Å². The number of piperazine rings is 1. The fourth-order valence-corrected chi connectivity index (χ4v) is 4.34. The van der Waals surface area contributed by atoms with Crippen molar-refractivity contribution in [3.05, 3.63) is 76.9 Å². The van der Waals surface area contributed by atoms with Gasteiger partial charge in [-0.15, -0.1) is 0 Å². The Labute approximate surface area is 176 Å². The maximum atomic E-state index is 2.52. The van der Waals surface area contributed by atoms with E-state index >= 15 is 0 Å². The van der Waals surface area contributed by atoms with Gasteiger partial charge in [0.1, 0.15) is 26.2 Å². The van der Waals surface area contributed by atoms with E-state index < -0.39 is 0 Å². The van der Waals surface area contributed by atoms with Crippen LogP contribution in [0.5, 0.6) is 0 Å². The molecule has 2 aromatic rings. The highest BCUT2D eigenvalue weighted by Gasteiger charge is 2.20. The second-order valence-corrected chi connectivity index (χ2v) is 7.68. The highest BCUT2D eigenvalue weighted by Crippen LogP contribution is 2.33. The number of halogens is 2. The lowest BCUT2D eigenvalue weighted by atomic mass is 9.93. The molecule has 0 unspecified atom stereocenters. The van der Waals surface area contributed by atoms with Gasteiger partial charge < -0.3 is 34.6 Å². The number of benzene rings is 2. The number of aryl methyl sites for hydroxylation is 2. The van der Waals surface area contributed by atoms with Crippen molar-refractivity contribution in [3.8, 4) is 0 Å². The minimum atomic E-state index is 0. The molecule has 1 saturated heterocycles. The molecule has 146 valence electrons. The van der Waals surface area contributed by atoms with E-state index in [-0.39, 0.29) is 24.8 Å². The van der Waals surface area contributed by atoms with Crippen LogP contribution in [0.15, 0.2) is 54.6 Å². The summed E-state index contributed by atoms with van der Waals surface area (Å²) >= 11 is 0. The van der Waals surface area contributed by atoms with Crippen LogP contribution in [0.1, 0.15) is 28.7 Å². The van der Waals surface area contributed by atoms with E-state index in [0.717, 1.165) is 12.8 Å². The van der Waals surface area contributed by atoms with Gasteiger partial charge in [-0.2, -0.15) is 0 Å². The van der Waals surface area contributed by atoms with Crippen molar-refractivity contribution < 1.29 is 34.6 Å². The molecule has 1 heterocycles. The first-order valence-electron chi connectivity index (χ1n) is 9.83. The third kappa shape index (κ3) is 5.14. The van der Waals surface area contributed by atoms with Crippen molar-refractivity contribution in [2.24, 2.45) is 0 Å². The lowest BCUT2D eigenvalue weighted by Gasteiger charge is -2.27. The average molecular weight is 405 g/mol. The number of likely N-dealkylation sites (N-methyl/N-ethyl adjacent to an activating group) is 1. The van der Waals surface area contributed by atoms with Gasteiger partial charge in [0.15, 0.2) is 0 Å². The molecule has 0 spiro atoms. The Kier molecular flexibility index (Phi) is 8.37.